The van der Waals surface area contributed by atoms with Crippen LogP contribution in [0.1, 0.15) is 56.1 Å². The van der Waals surface area contributed by atoms with Crippen LogP contribution in [0.5, 0.6) is 5.75 Å². The first-order valence-corrected chi connectivity index (χ1v) is 8.09. The summed E-state index contributed by atoms with van der Waals surface area (Å²) in [4.78, 5) is 0. The lowest BCUT2D eigenvalue weighted by molar-refractivity contribution is -0.0226. The van der Waals surface area contributed by atoms with E-state index in [0.29, 0.717) is 17.6 Å². The van der Waals surface area contributed by atoms with Crippen molar-refractivity contribution >= 4 is 0 Å². The predicted octanol–water partition coefficient (Wildman–Crippen LogP) is 3.61. The van der Waals surface area contributed by atoms with Crippen LogP contribution in [0.15, 0.2) is 18.2 Å². The molecule has 2 heteroatoms. The molecule has 2 saturated carbocycles. The van der Waals surface area contributed by atoms with Crippen LogP contribution < -0.4 is 0 Å². The fourth-order valence-corrected chi connectivity index (χ4v) is 5.54. The molecule has 3 aliphatic rings. The zero-order chi connectivity index (χ0) is 13.9. The van der Waals surface area contributed by atoms with Crippen molar-refractivity contribution in [2.45, 2.75) is 57.5 Å². The van der Waals surface area contributed by atoms with Crippen molar-refractivity contribution in [1.29, 1.82) is 0 Å². The van der Waals surface area contributed by atoms with Gasteiger partial charge < -0.3 is 10.2 Å². The van der Waals surface area contributed by atoms with Gasteiger partial charge >= 0.3 is 0 Å². The summed E-state index contributed by atoms with van der Waals surface area (Å²) in [5.41, 5.74) is 2.99. The maximum Gasteiger partial charge on any atom is 0.115 e. The molecule has 0 aromatic heterocycles. The summed E-state index contributed by atoms with van der Waals surface area (Å²) >= 11 is 0. The smallest absolute Gasteiger partial charge is 0.115 e. The van der Waals surface area contributed by atoms with E-state index in [2.05, 4.69) is 13.0 Å². The van der Waals surface area contributed by atoms with Crippen molar-refractivity contribution in [3.8, 4) is 5.75 Å². The van der Waals surface area contributed by atoms with Crippen molar-refractivity contribution in [1.82, 2.24) is 0 Å². The third-order valence-electron chi connectivity index (χ3n) is 6.66. The molecule has 0 heterocycles. The molecule has 0 radical (unpaired) electrons. The minimum atomic E-state index is -0.0883. The highest BCUT2D eigenvalue weighted by Gasteiger charge is 2.54. The molecule has 2 N–H and O–H groups in total. The van der Waals surface area contributed by atoms with Crippen LogP contribution in [0.4, 0.5) is 0 Å². The number of aliphatic hydroxyl groups is 1. The van der Waals surface area contributed by atoms with Gasteiger partial charge in [-0.05, 0) is 85.0 Å². The standard InChI is InChI=1S/C18H24O2/c1-18-9-8-14-13-5-3-12(19)10-11(13)2-4-15(14)16(18)6-7-17(18)20/h3,5,10,14-17,19-20H,2,4,6-9H2,1H3/t14-,15-,16+,17+,18+/m0/s1. The molecule has 0 aliphatic heterocycles. The van der Waals surface area contributed by atoms with Gasteiger partial charge in [0, 0.05) is 0 Å². The molecule has 0 amide bonds. The molecule has 1 aromatic carbocycles. The Morgan fingerprint density at radius 2 is 2.00 bits per heavy atom. The number of rotatable bonds is 0. The summed E-state index contributed by atoms with van der Waals surface area (Å²) in [5.74, 6) is 2.49. The molecule has 3 aliphatic carbocycles. The average Bonchev–Trinajstić information content (AvgIpc) is 2.74. The highest BCUT2D eigenvalue weighted by molar-refractivity contribution is 5.40. The first-order chi connectivity index (χ1) is 9.59. The Morgan fingerprint density at radius 1 is 1.15 bits per heavy atom. The van der Waals surface area contributed by atoms with Crippen LogP contribution in [-0.2, 0) is 6.42 Å². The molecule has 2 fully saturated rings. The molecule has 20 heavy (non-hydrogen) atoms. The molecule has 4 rings (SSSR count). The van der Waals surface area contributed by atoms with Crippen LogP contribution >= 0.6 is 0 Å². The zero-order valence-electron chi connectivity index (χ0n) is 12.2. The number of hydrogen-bond acceptors (Lipinski definition) is 2. The summed E-state index contributed by atoms with van der Waals surface area (Å²) in [6, 6.07) is 5.96. The van der Waals surface area contributed by atoms with Gasteiger partial charge in [-0.2, -0.15) is 0 Å². The van der Waals surface area contributed by atoms with Crippen LogP contribution in [0.3, 0.4) is 0 Å². The SMILES string of the molecule is C[C@@]12CC[C@H]3c4ccc(O)cc4CC[C@@H]3[C@H]1CC[C@H]2O. The maximum absolute atomic E-state index is 10.4. The van der Waals surface area contributed by atoms with E-state index in [1.54, 1.807) is 0 Å². The molecule has 0 unspecified atom stereocenters. The summed E-state index contributed by atoms with van der Waals surface area (Å²) < 4.78 is 0. The van der Waals surface area contributed by atoms with E-state index in [4.69, 9.17) is 0 Å². The first-order valence-electron chi connectivity index (χ1n) is 8.09. The van der Waals surface area contributed by atoms with Crippen molar-refractivity contribution < 1.29 is 10.2 Å². The molecule has 2 nitrogen and oxygen atoms in total. The fourth-order valence-electron chi connectivity index (χ4n) is 5.54. The number of aryl methyl sites for hydroxylation is 1. The Morgan fingerprint density at radius 3 is 2.85 bits per heavy atom. The predicted molar refractivity (Wildman–Crippen MR) is 78.7 cm³/mol. The minimum absolute atomic E-state index is 0.0883. The van der Waals surface area contributed by atoms with Gasteiger partial charge in [-0.15, -0.1) is 0 Å². The highest BCUT2D eigenvalue weighted by Crippen LogP contribution is 2.60. The van der Waals surface area contributed by atoms with Crippen LogP contribution in [-0.4, -0.2) is 16.3 Å². The fraction of sp³-hybridized carbons (Fsp3) is 0.667. The van der Waals surface area contributed by atoms with E-state index in [-0.39, 0.29) is 11.5 Å². The third kappa shape index (κ3) is 1.60. The lowest BCUT2D eigenvalue weighted by atomic mass is 9.55. The number of benzene rings is 1. The third-order valence-corrected chi connectivity index (χ3v) is 6.66. The van der Waals surface area contributed by atoms with Crippen molar-refractivity contribution in [2.75, 3.05) is 0 Å². The van der Waals surface area contributed by atoms with Gasteiger partial charge in [-0.25, -0.2) is 0 Å². The summed E-state index contributed by atoms with van der Waals surface area (Å²) in [5, 5.41) is 20.0. The van der Waals surface area contributed by atoms with Crippen molar-refractivity contribution in [3.63, 3.8) is 0 Å². The lowest BCUT2D eigenvalue weighted by Crippen LogP contribution is -2.43. The molecule has 1 aromatic rings. The number of aromatic hydroxyl groups is 1. The Bertz CT molecular complexity index is 538. The number of hydrogen-bond donors (Lipinski definition) is 2. The van der Waals surface area contributed by atoms with Gasteiger partial charge in [-0.1, -0.05) is 13.0 Å². The Kier molecular flexibility index (Phi) is 2.69. The molecule has 0 spiro atoms. The first kappa shape index (κ1) is 12.7. The van der Waals surface area contributed by atoms with Crippen LogP contribution in [0.2, 0.25) is 0 Å². The van der Waals surface area contributed by atoms with E-state index in [1.807, 2.05) is 12.1 Å². The number of aliphatic hydroxyl groups excluding tert-OH is 1. The second-order valence-electron chi connectivity index (χ2n) is 7.44. The molecular formula is C18H24O2. The molecule has 0 saturated heterocycles. The van der Waals surface area contributed by atoms with Crippen LogP contribution in [0.25, 0.3) is 0 Å². The summed E-state index contributed by atoms with van der Waals surface area (Å²) in [7, 11) is 0. The normalized spacial score (nSPS) is 42.7. The Balaban J connectivity index is 1.71. The van der Waals surface area contributed by atoms with Crippen molar-refractivity contribution in [2.24, 2.45) is 17.3 Å². The average molecular weight is 272 g/mol. The van der Waals surface area contributed by atoms with E-state index < -0.39 is 0 Å². The number of phenolic OH excluding ortho intramolecular Hbond substituents is 1. The molecule has 0 bridgehead atoms. The number of phenols is 1. The second kappa shape index (κ2) is 4.24. The minimum Gasteiger partial charge on any atom is -0.508 e. The molecular weight excluding hydrogens is 248 g/mol. The topological polar surface area (TPSA) is 40.5 Å². The van der Waals surface area contributed by atoms with Crippen molar-refractivity contribution in [3.05, 3.63) is 29.3 Å². The lowest BCUT2D eigenvalue weighted by Gasteiger charge is -2.50. The second-order valence-corrected chi connectivity index (χ2v) is 7.44. The maximum atomic E-state index is 10.4. The molecule has 108 valence electrons. The van der Waals surface area contributed by atoms with E-state index in [9.17, 15) is 10.2 Å². The van der Waals surface area contributed by atoms with Crippen LogP contribution in [0, 0.1) is 17.3 Å². The highest BCUT2D eigenvalue weighted by atomic mass is 16.3. The number of fused-ring (bicyclic) bond motifs is 5. The van der Waals surface area contributed by atoms with Gasteiger partial charge in [0.15, 0.2) is 0 Å². The van der Waals surface area contributed by atoms with E-state index in [1.165, 1.54) is 30.4 Å². The monoisotopic (exact) mass is 272 g/mol. The van der Waals surface area contributed by atoms with Gasteiger partial charge in [-0.3, -0.25) is 0 Å². The quantitative estimate of drug-likeness (QED) is 0.757. The van der Waals surface area contributed by atoms with Gasteiger partial charge in [0.05, 0.1) is 6.10 Å². The zero-order valence-corrected chi connectivity index (χ0v) is 12.2. The van der Waals surface area contributed by atoms with Gasteiger partial charge in [0.1, 0.15) is 5.75 Å². The van der Waals surface area contributed by atoms with E-state index >= 15 is 0 Å². The summed E-state index contributed by atoms with van der Waals surface area (Å²) in [6.45, 7) is 2.32. The molecule has 5 atom stereocenters. The summed E-state index contributed by atoms with van der Waals surface area (Å²) in [6.07, 6.45) is 6.78. The van der Waals surface area contributed by atoms with Gasteiger partial charge in [0.25, 0.3) is 0 Å². The largest absolute Gasteiger partial charge is 0.508 e. The Hall–Kier alpha value is -1.02. The Labute approximate surface area is 120 Å². The van der Waals surface area contributed by atoms with E-state index in [0.717, 1.165) is 25.2 Å². The van der Waals surface area contributed by atoms with Gasteiger partial charge in [0.2, 0.25) is 0 Å².